The third-order valence-corrected chi connectivity index (χ3v) is 3.91. The van der Waals surface area contributed by atoms with Crippen molar-refractivity contribution in [2.45, 2.75) is 25.7 Å². The monoisotopic (exact) mass is 330 g/mol. The first kappa shape index (κ1) is 17.8. The van der Waals surface area contributed by atoms with Crippen LogP contribution in [-0.2, 0) is 16.0 Å². The molecule has 1 heterocycles. The standard InChI is InChI=1S/C18H26N4O2/c1-19-18(20-11-6-5-9-17(23)24-2)21-12-10-14-13-22-16-8-4-3-7-15(14)16/h3-4,7-8,13,22H,5-6,9-12H2,1-2H3,(H2,19,20,21). The summed E-state index contributed by atoms with van der Waals surface area (Å²) in [7, 11) is 3.18. The molecule has 0 saturated heterocycles. The van der Waals surface area contributed by atoms with Crippen molar-refractivity contribution in [1.29, 1.82) is 0 Å². The van der Waals surface area contributed by atoms with Gasteiger partial charge in [0.1, 0.15) is 0 Å². The molecule has 0 radical (unpaired) electrons. The number of hydrogen-bond donors (Lipinski definition) is 3. The Labute approximate surface area is 142 Å². The van der Waals surface area contributed by atoms with E-state index in [1.807, 2.05) is 6.07 Å². The van der Waals surface area contributed by atoms with Gasteiger partial charge in [-0.1, -0.05) is 18.2 Å². The first-order valence-corrected chi connectivity index (χ1v) is 8.31. The van der Waals surface area contributed by atoms with Gasteiger partial charge >= 0.3 is 5.97 Å². The first-order valence-electron chi connectivity index (χ1n) is 8.31. The molecular weight excluding hydrogens is 304 g/mol. The molecule has 0 aliphatic rings. The number of methoxy groups -OCH3 is 1. The number of fused-ring (bicyclic) bond motifs is 1. The van der Waals surface area contributed by atoms with E-state index in [0.29, 0.717) is 6.42 Å². The summed E-state index contributed by atoms with van der Waals surface area (Å²) >= 11 is 0. The van der Waals surface area contributed by atoms with Crippen LogP contribution in [0.3, 0.4) is 0 Å². The number of aliphatic imine (C=N–C) groups is 1. The lowest BCUT2D eigenvalue weighted by Gasteiger charge is -2.11. The zero-order valence-electron chi connectivity index (χ0n) is 14.4. The second kappa shape index (κ2) is 9.60. The maximum atomic E-state index is 11.0. The Morgan fingerprint density at radius 2 is 2.00 bits per heavy atom. The normalized spacial score (nSPS) is 11.5. The average Bonchev–Trinajstić information content (AvgIpc) is 3.03. The smallest absolute Gasteiger partial charge is 0.305 e. The van der Waals surface area contributed by atoms with Gasteiger partial charge in [-0.2, -0.15) is 0 Å². The lowest BCUT2D eigenvalue weighted by molar-refractivity contribution is -0.140. The fourth-order valence-electron chi connectivity index (χ4n) is 2.58. The second-order valence-corrected chi connectivity index (χ2v) is 5.57. The summed E-state index contributed by atoms with van der Waals surface area (Å²) in [6, 6.07) is 8.31. The van der Waals surface area contributed by atoms with Crippen molar-refractivity contribution in [2.24, 2.45) is 4.99 Å². The summed E-state index contributed by atoms with van der Waals surface area (Å²) in [4.78, 5) is 18.5. The van der Waals surface area contributed by atoms with Crippen molar-refractivity contribution in [3.8, 4) is 0 Å². The number of para-hydroxylation sites is 1. The largest absolute Gasteiger partial charge is 0.469 e. The van der Waals surface area contributed by atoms with Gasteiger partial charge in [-0.15, -0.1) is 0 Å². The number of hydrogen-bond acceptors (Lipinski definition) is 3. The quantitative estimate of drug-likeness (QED) is 0.300. The fraction of sp³-hybridized carbons (Fsp3) is 0.444. The molecule has 0 spiro atoms. The number of benzene rings is 1. The van der Waals surface area contributed by atoms with E-state index in [2.05, 4.69) is 49.7 Å². The molecule has 130 valence electrons. The second-order valence-electron chi connectivity index (χ2n) is 5.57. The van der Waals surface area contributed by atoms with Gasteiger partial charge in [-0.05, 0) is 30.9 Å². The van der Waals surface area contributed by atoms with Crippen LogP contribution in [0.2, 0.25) is 0 Å². The van der Waals surface area contributed by atoms with Crippen molar-refractivity contribution >= 4 is 22.8 Å². The Morgan fingerprint density at radius 3 is 2.79 bits per heavy atom. The molecule has 1 aromatic carbocycles. The number of esters is 1. The Kier molecular flexibility index (Phi) is 7.14. The zero-order chi connectivity index (χ0) is 17.2. The van der Waals surface area contributed by atoms with Crippen LogP contribution in [0, 0.1) is 0 Å². The van der Waals surface area contributed by atoms with Crippen LogP contribution in [0.1, 0.15) is 24.8 Å². The van der Waals surface area contributed by atoms with E-state index in [0.717, 1.165) is 38.3 Å². The maximum absolute atomic E-state index is 11.0. The molecule has 2 rings (SSSR count). The van der Waals surface area contributed by atoms with Gasteiger partial charge in [0.2, 0.25) is 0 Å². The predicted molar refractivity (Wildman–Crippen MR) is 97.2 cm³/mol. The molecule has 0 amide bonds. The molecule has 6 nitrogen and oxygen atoms in total. The van der Waals surface area contributed by atoms with Crippen molar-refractivity contribution in [1.82, 2.24) is 15.6 Å². The molecule has 3 N–H and O–H groups in total. The minimum atomic E-state index is -0.156. The Balaban J connectivity index is 1.67. The Bertz CT molecular complexity index is 678. The number of H-pyrrole nitrogens is 1. The summed E-state index contributed by atoms with van der Waals surface area (Å²) < 4.78 is 4.62. The van der Waals surface area contributed by atoms with E-state index >= 15 is 0 Å². The van der Waals surface area contributed by atoms with Crippen LogP contribution in [0.15, 0.2) is 35.5 Å². The van der Waals surface area contributed by atoms with E-state index in [-0.39, 0.29) is 5.97 Å². The van der Waals surface area contributed by atoms with Gasteiger partial charge in [0, 0.05) is 43.7 Å². The first-order chi connectivity index (χ1) is 11.7. The highest BCUT2D eigenvalue weighted by atomic mass is 16.5. The highest BCUT2D eigenvalue weighted by Crippen LogP contribution is 2.17. The number of aromatic nitrogens is 1. The molecule has 2 aromatic rings. The SMILES string of the molecule is CN=C(NCCCCC(=O)OC)NCCc1c[nH]c2ccccc12. The summed E-state index contributed by atoms with van der Waals surface area (Å²) in [5.41, 5.74) is 2.47. The molecule has 1 aromatic heterocycles. The molecule has 24 heavy (non-hydrogen) atoms. The summed E-state index contributed by atoms with van der Waals surface area (Å²) in [5, 5.41) is 7.84. The third kappa shape index (κ3) is 5.30. The van der Waals surface area contributed by atoms with Gasteiger partial charge in [0.25, 0.3) is 0 Å². The maximum Gasteiger partial charge on any atom is 0.305 e. The van der Waals surface area contributed by atoms with Crippen LogP contribution < -0.4 is 10.6 Å². The molecule has 0 fully saturated rings. The summed E-state index contributed by atoms with van der Waals surface area (Å²) in [6.45, 7) is 1.59. The molecule has 0 saturated carbocycles. The molecular formula is C18H26N4O2. The fourth-order valence-corrected chi connectivity index (χ4v) is 2.58. The van der Waals surface area contributed by atoms with E-state index in [1.165, 1.54) is 23.6 Å². The van der Waals surface area contributed by atoms with E-state index in [9.17, 15) is 4.79 Å². The highest BCUT2D eigenvalue weighted by molar-refractivity contribution is 5.83. The molecule has 0 bridgehead atoms. The predicted octanol–water partition coefficient (Wildman–Crippen LogP) is 2.22. The minimum Gasteiger partial charge on any atom is -0.469 e. The van der Waals surface area contributed by atoms with Crippen molar-refractivity contribution in [3.05, 3.63) is 36.0 Å². The van der Waals surface area contributed by atoms with Crippen LogP contribution in [0.5, 0.6) is 0 Å². The number of nitrogens with zero attached hydrogens (tertiary/aromatic N) is 1. The average molecular weight is 330 g/mol. The van der Waals surface area contributed by atoms with Crippen LogP contribution in [-0.4, -0.2) is 44.2 Å². The van der Waals surface area contributed by atoms with Crippen molar-refractivity contribution < 1.29 is 9.53 Å². The number of aromatic amines is 1. The minimum absolute atomic E-state index is 0.156. The van der Waals surface area contributed by atoms with Gasteiger partial charge in [0.05, 0.1) is 7.11 Å². The molecule has 6 heteroatoms. The molecule has 0 aliphatic heterocycles. The van der Waals surface area contributed by atoms with Crippen LogP contribution in [0.25, 0.3) is 10.9 Å². The number of carbonyl (C=O) groups excluding carboxylic acids is 1. The number of nitrogens with one attached hydrogen (secondary N) is 3. The number of unbranched alkanes of at least 4 members (excludes halogenated alkanes) is 1. The van der Waals surface area contributed by atoms with Crippen molar-refractivity contribution in [3.63, 3.8) is 0 Å². The van der Waals surface area contributed by atoms with Gasteiger partial charge < -0.3 is 20.4 Å². The van der Waals surface area contributed by atoms with E-state index < -0.39 is 0 Å². The third-order valence-electron chi connectivity index (χ3n) is 3.91. The van der Waals surface area contributed by atoms with E-state index in [1.54, 1.807) is 7.05 Å². The molecule has 0 unspecified atom stereocenters. The van der Waals surface area contributed by atoms with Crippen LogP contribution in [0.4, 0.5) is 0 Å². The highest BCUT2D eigenvalue weighted by Gasteiger charge is 2.04. The Hall–Kier alpha value is -2.50. The van der Waals surface area contributed by atoms with Gasteiger partial charge in [-0.25, -0.2) is 0 Å². The number of carbonyl (C=O) groups is 1. The zero-order valence-corrected chi connectivity index (χ0v) is 14.4. The number of guanidine groups is 1. The lowest BCUT2D eigenvalue weighted by Crippen LogP contribution is -2.38. The Morgan fingerprint density at radius 1 is 1.21 bits per heavy atom. The van der Waals surface area contributed by atoms with Gasteiger partial charge in [0.15, 0.2) is 5.96 Å². The van der Waals surface area contributed by atoms with Crippen LogP contribution >= 0.6 is 0 Å². The molecule has 0 atom stereocenters. The molecule has 0 aliphatic carbocycles. The summed E-state index contributed by atoms with van der Waals surface area (Å²) in [6.07, 6.45) is 5.16. The van der Waals surface area contributed by atoms with Gasteiger partial charge in [-0.3, -0.25) is 9.79 Å². The number of ether oxygens (including phenoxy) is 1. The van der Waals surface area contributed by atoms with E-state index in [4.69, 9.17) is 0 Å². The van der Waals surface area contributed by atoms with Crippen molar-refractivity contribution in [2.75, 3.05) is 27.2 Å². The topological polar surface area (TPSA) is 78.5 Å². The number of rotatable bonds is 8. The lowest BCUT2D eigenvalue weighted by atomic mass is 10.1. The summed E-state index contributed by atoms with van der Waals surface area (Å²) in [5.74, 6) is 0.629.